The van der Waals surface area contributed by atoms with Crippen LogP contribution in [-0.2, 0) is 11.3 Å². The number of aryl methyl sites for hydroxylation is 1. The molecule has 0 saturated heterocycles. The molecule has 1 N–H and O–H groups in total. The molecule has 2 rings (SSSR count). The molecule has 0 saturated carbocycles. The van der Waals surface area contributed by atoms with E-state index in [-0.39, 0.29) is 11.9 Å². The van der Waals surface area contributed by atoms with E-state index in [1.807, 2.05) is 55.1 Å². The van der Waals surface area contributed by atoms with Crippen molar-refractivity contribution in [3.63, 3.8) is 0 Å². The summed E-state index contributed by atoms with van der Waals surface area (Å²) in [5.41, 5.74) is 2.01. The van der Waals surface area contributed by atoms with E-state index < -0.39 is 0 Å². The van der Waals surface area contributed by atoms with Crippen LogP contribution in [0.1, 0.15) is 30.6 Å². The van der Waals surface area contributed by atoms with Crippen molar-refractivity contribution in [3.8, 4) is 5.75 Å². The van der Waals surface area contributed by atoms with E-state index in [0.717, 1.165) is 17.0 Å². The van der Waals surface area contributed by atoms with Crippen molar-refractivity contribution in [2.45, 2.75) is 32.9 Å². The molecule has 1 aromatic carbocycles. The minimum atomic E-state index is 0.0199. The molecule has 112 valence electrons. The largest absolute Gasteiger partial charge is 0.497 e. The second-order valence-electron chi connectivity index (χ2n) is 5.12. The zero-order valence-electron chi connectivity index (χ0n) is 12.7. The molecule has 0 aliphatic rings. The molecule has 5 nitrogen and oxygen atoms in total. The van der Waals surface area contributed by atoms with E-state index >= 15 is 0 Å². The van der Waals surface area contributed by atoms with Gasteiger partial charge in [-0.05, 0) is 37.6 Å². The Morgan fingerprint density at radius 2 is 2.05 bits per heavy atom. The number of hydrogen-bond donors (Lipinski definition) is 1. The summed E-state index contributed by atoms with van der Waals surface area (Å²) >= 11 is 0. The molecule has 0 aliphatic carbocycles. The summed E-state index contributed by atoms with van der Waals surface area (Å²) in [6, 6.07) is 9.65. The van der Waals surface area contributed by atoms with Gasteiger partial charge in [0, 0.05) is 19.2 Å². The molecule has 2 aromatic rings. The lowest BCUT2D eigenvalue weighted by atomic mass is 10.2. The smallest absolute Gasteiger partial charge is 0.222 e. The first-order valence-electron chi connectivity index (χ1n) is 7.00. The van der Waals surface area contributed by atoms with Gasteiger partial charge in [0.15, 0.2) is 0 Å². The molecule has 0 radical (unpaired) electrons. The molecule has 5 heteroatoms. The van der Waals surface area contributed by atoms with Crippen LogP contribution in [0.25, 0.3) is 0 Å². The van der Waals surface area contributed by atoms with Gasteiger partial charge in [-0.25, -0.2) is 0 Å². The number of nitrogens with one attached hydrogen (secondary N) is 1. The maximum absolute atomic E-state index is 12.0. The maximum Gasteiger partial charge on any atom is 0.222 e. The number of ether oxygens (including phenoxy) is 1. The summed E-state index contributed by atoms with van der Waals surface area (Å²) in [6.45, 7) is 4.44. The van der Waals surface area contributed by atoms with Gasteiger partial charge in [-0.15, -0.1) is 0 Å². The fourth-order valence-electron chi connectivity index (χ4n) is 2.06. The third-order valence-electron chi connectivity index (χ3n) is 3.32. The van der Waals surface area contributed by atoms with Gasteiger partial charge in [-0.3, -0.25) is 9.48 Å². The number of carbonyl (C=O) groups is 1. The monoisotopic (exact) mass is 287 g/mol. The van der Waals surface area contributed by atoms with Gasteiger partial charge in [0.05, 0.1) is 18.8 Å². The number of carbonyl (C=O) groups excluding carboxylic acids is 1. The summed E-state index contributed by atoms with van der Waals surface area (Å²) in [5, 5.41) is 7.25. The molecule has 0 bridgehead atoms. The van der Waals surface area contributed by atoms with Crippen molar-refractivity contribution in [2.24, 2.45) is 0 Å². The number of amides is 1. The Balaban J connectivity index is 1.81. The molecule has 1 aromatic heterocycles. The first-order chi connectivity index (χ1) is 10.1. The molecule has 1 heterocycles. The summed E-state index contributed by atoms with van der Waals surface area (Å²) in [5.74, 6) is 0.833. The minimum Gasteiger partial charge on any atom is -0.497 e. The maximum atomic E-state index is 12.0. The van der Waals surface area contributed by atoms with Crippen molar-refractivity contribution in [1.29, 1.82) is 0 Å². The highest BCUT2D eigenvalue weighted by Crippen LogP contribution is 2.12. The predicted molar refractivity (Wildman–Crippen MR) is 81.1 cm³/mol. The molecular weight excluding hydrogens is 266 g/mol. The van der Waals surface area contributed by atoms with Crippen molar-refractivity contribution >= 4 is 5.91 Å². The normalized spacial score (nSPS) is 12.0. The first-order valence-corrected chi connectivity index (χ1v) is 7.00. The third-order valence-corrected chi connectivity index (χ3v) is 3.32. The van der Waals surface area contributed by atoms with Crippen LogP contribution in [-0.4, -0.2) is 22.8 Å². The van der Waals surface area contributed by atoms with Crippen LogP contribution in [0.15, 0.2) is 36.5 Å². The quantitative estimate of drug-likeness (QED) is 0.888. The highest BCUT2D eigenvalue weighted by molar-refractivity contribution is 5.76. The van der Waals surface area contributed by atoms with Gasteiger partial charge in [-0.1, -0.05) is 12.1 Å². The van der Waals surface area contributed by atoms with Crippen molar-refractivity contribution < 1.29 is 9.53 Å². The zero-order chi connectivity index (χ0) is 15.2. The van der Waals surface area contributed by atoms with Gasteiger partial charge in [0.25, 0.3) is 0 Å². The van der Waals surface area contributed by atoms with Crippen LogP contribution in [0.5, 0.6) is 5.75 Å². The summed E-state index contributed by atoms with van der Waals surface area (Å²) < 4.78 is 6.92. The lowest BCUT2D eigenvalue weighted by molar-refractivity contribution is -0.122. The highest BCUT2D eigenvalue weighted by atomic mass is 16.5. The fourth-order valence-corrected chi connectivity index (χ4v) is 2.06. The van der Waals surface area contributed by atoms with E-state index in [1.165, 1.54) is 0 Å². The summed E-state index contributed by atoms with van der Waals surface area (Å²) in [6.07, 6.45) is 2.31. The van der Waals surface area contributed by atoms with Crippen LogP contribution in [0.2, 0.25) is 0 Å². The Morgan fingerprint density at radius 3 is 2.62 bits per heavy atom. The SMILES string of the molecule is COc1ccc(CNC(=O)C[C@@H](C)n2ccc(C)n2)cc1. The number of methoxy groups -OCH3 is 1. The molecule has 0 fully saturated rings. The standard InChI is InChI=1S/C16H21N3O2/c1-12-8-9-19(18-12)13(2)10-16(20)17-11-14-4-6-15(21-3)7-5-14/h4-9,13H,10-11H2,1-3H3,(H,17,20)/t13-/m1/s1. The van der Waals surface area contributed by atoms with Gasteiger partial charge in [0.1, 0.15) is 5.75 Å². The molecular formula is C16H21N3O2. The number of aromatic nitrogens is 2. The van der Waals surface area contributed by atoms with Crippen molar-refractivity contribution in [3.05, 3.63) is 47.8 Å². The predicted octanol–water partition coefficient (Wildman–Crippen LogP) is 2.47. The van der Waals surface area contributed by atoms with Crippen molar-refractivity contribution in [2.75, 3.05) is 7.11 Å². The Kier molecular flexibility index (Phi) is 4.98. The number of hydrogen-bond acceptors (Lipinski definition) is 3. The molecule has 1 atom stereocenters. The molecule has 0 spiro atoms. The fraction of sp³-hybridized carbons (Fsp3) is 0.375. The summed E-state index contributed by atoms with van der Waals surface area (Å²) in [7, 11) is 1.63. The zero-order valence-corrected chi connectivity index (χ0v) is 12.7. The van der Waals surface area contributed by atoms with Gasteiger partial charge < -0.3 is 10.1 Å². The number of benzene rings is 1. The Hall–Kier alpha value is -2.30. The number of rotatable bonds is 6. The van der Waals surface area contributed by atoms with E-state index in [0.29, 0.717) is 13.0 Å². The van der Waals surface area contributed by atoms with Crippen molar-refractivity contribution in [1.82, 2.24) is 15.1 Å². The van der Waals surface area contributed by atoms with E-state index in [1.54, 1.807) is 7.11 Å². The lowest BCUT2D eigenvalue weighted by Gasteiger charge is -2.12. The second kappa shape index (κ2) is 6.92. The number of nitrogens with zero attached hydrogens (tertiary/aromatic N) is 2. The molecule has 1 amide bonds. The van der Waals surface area contributed by atoms with Gasteiger partial charge >= 0.3 is 0 Å². The van der Waals surface area contributed by atoms with E-state index in [9.17, 15) is 4.79 Å². The minimum absolute atomic E-state index is 0.0199. The van der Waals surface area contributed by atoms with Crippen LogP contribution >= 0.6 is 0 Å². The van der Waals surface area contributed by atoms with Crippen LogP contribution in [0.4, 0.5) is 0 Å². The first kappa shape index (κ1) is 15.1. The topological polar surface area (TPSA) is 56.1 Å². The van der Waals surface area contributed by atoms with Gasteiger partial charge in [0.2, 0.25) is 5.91 Å². The van der Waals surface area contributed by atoms with Crippen LogP contribution < -0.4 is 10.1 Å². The summed E-state index contributed by atoms with van der Waals surface area (Å²) in [4.78, 5) is 12.0. The Bertz CT molecular complexity index is 590. The molecule has 21 heavy (non-hydrogen) atoms. The molecule has 0 aliphatic heterocycles. The highest BCUT2D eigenvalue weighted by Gasteiger charge is 2.11. The average Bonchev–Trinajstić information content (AvgIpc) is 2.92. The lowest BCUT2D eigenvalue weighted by Crippen LogP contribution is -2.25. The second-order valence-corrected chi connectivity index (χ2v) is 5.12. The Labute approximate surface area is 124 Å². The van der Waals surface area contributed by atoms with Gasteiger partial charge in [-0.2, -0.15) is 5.10 Å². The third kappa shape index (κ3) is 4.34. The molecule has 0 unspecified atom stereocenters. The average molecular weight is 287 g/mol. The van der Waals surface area contributed by atoms with Crippen LogP contribution in [0.3, 0.4) is 0 Å². The Morgan fingerprint density at radius 1 is 1.33 bits per heavy atom. The van der Waals surface area contributed by atoms with E-state index in [4.69, 9.17) is 4.74 Å². The van der Waals surface area contributed by atoms with Crippen LogP contribution in [0, 0.1) is 6.92 Å². The van der Waals surface area contributed by atoms with E-state index in [2.05, 4.69) is 10.4 Å².